The van der Waals surface area contributed by atoms with Crippen molar-refractivity contribution in [2.75, 3.05) is 6.61 Å². The van der Waals surface area contributed by atoms with Gasteiger partial charge in [-0.05, 0) is 42.8 Å². The first-order valence-corrected chi connectivity index (χ1v) is 9.02. The van der Waals surface area contributed by atoms with E-state index in [-0.39, 0.29) is 6.61 Å². The molecule has 8 heteroatoms. The van der Waals surface area contributed by atoms with Gasteiger partial charge >= 0.3 is 0 Å². The largest absolute Gasteiger partial charge is 0.482 e. The van der Waals surface area contributed by atoms with Crippen LogP contribution in [-0.4, -0.2) is 23.7 Å². The molecule has 0 unspecified atom stereocenters. The highest BCUT2D eigenvalue weighted by Crippen LogP contribution is 2.27. The zero-order valence-corrected chi connectivity index (χ0v) is 16.4. The number of amides is 1. The molecule has 138 valence electrons. The quantitative estimate of drug-likeness (QED) is 0.356. The molecule has 0 fully saturated rings. The maximum Gasteiger partial charge on any atom is 0.277 e. The van der Waals surface area contributed by atoms with E-state index in [0.717, 1.165) is 16.5 Å². The number of carbonyl (C=O) groups excluding carboxylic acids is 1. The highest BCUT2D eigenvalue weighted by molar-refractivity contribution is 6.35. The number of pyridine rings is 1. The third-order valence-electron chi connectivity index (χ3n) is 3.60. The maximum absolute atomic E-state index is 11.9. The van der Waals surface area contributed by atoms with Crippen molar-refractivity contribution in [1.29, 1.82) is 0 Å². The molecule has 2 aromatic carbocycles. The second-order valence-electron chi connectivity index (χ2n) is 5.72. The van der Waals surface area contributed by atoms with Gasteiger partial charge in [0.05, 0.1) is 16.8 Å². The number of rotatable bonds is 5. The molecule has 3 rings (SSSR count). The number of halogens is 3. The Bertz CT molecular complexity index is 1040. The third kappa shape index (κ3) is 5.10. The summed E-state index contributed by atoms with van der Waals surface area (Å²) in [7, 11) is 0. The number of hydrazone groups is 1. The summed E-state index contributed by atoms with van der Waals surface area (Å²) in [5, 5.41) is 5.93. The number of carbonyl (C=O) groups is 1. The maximum atomic E-state index is 11.9. The standard InChI is InChI=1S/C19H14Cl3N3O2/c1-11-2-3-12-7-13(19(22)24-16(12)6-11)9-23-25-18(26)10-27-17-5-4-14(20)8-15(17)21/h2-9H,10H2,1H3,(H,25,26). The zero-order chi connectivity index (χ0) is 19.4. The van der Waals surface area contributed by atoms with Crippen LogP contribution >= 0.6 is 34.8 Å². The van der Waals surface area contributed by atoms with Crippen molar-refractivity contribution in [1.82, 2.24) is 10.4 Å². The molecule has 1 heterocycles. The summed E-state index contributed by atoms with van der Waals surface area (Å²) in [6.07, 6.45) is 1.43. The Morgan fingerprint density at radius 3 is 2.78 bits per heavy atom. The van der Waals surface area contributed by atoms with Gasteiger partial charge in [0.25, 0.3) is 5.91 Å². The fraction of sp³-hybridized carbons (Fsp3) is 0.105. The lowest BCUT2D eigenvalue weighted by Crippen LogP contribution is -2.24. The molecule has 0 aliphatic rings. The molecule has 0 saturated carbocycles. The number of ether oxygens (including phenoxy) is 1. The van der Waals surface area contributed by atoms with Crippen molar-refractivity contribution < 1.29 is 9.53 Å². The Morgan fingerprint density at radius 1 is 1.19 bits per heavy atom. The van der Waals surface area contributed by atoms with E-state index in [9.17, 15) is 4.79 Å². The Kier molecular flexibility index (Phi) is 6.16. The van der Waals surface area contributed by atoms with Crippen LogP contribution in [0.15, 0.2) is 47.6 Å². The van der Waals surface area contributed by atoms with Crippen LogP contribution < -0.4 is 10.2 Å². The minimum absolute atomic E-state index is 0.248. The molecule has 5 nitrogen and oxygen atoms in total. The topological polar surface area (TPSA) is 63.6 Å². The van der Waals surface area contributed by atoms with Crippen LogP contribution in [-0.2, 0) is 4.79 Å². The fourth-order valence-electron chi connectivity index (χ4n) is 2.30. The summed E-state index contributed by atoms with van der Waals surface area (Å²) in [4.78, 5) is 16.2. The highest BCUT2D eigenvalue weighted by atomic mass is 35.5. The first-order chi connectivity index (χ1) is 12.9. The summed E-state index contributed by atoms with van der Waals surface area (Å²) in [5.41, 5.74) is 4.86. The summed E-state index contributed by atoms with van der Waals surface area (Å²) in [6.45, 7) is 1.74. The summed E-state index contributed by atoms with van der Waals surface area (Å²) in [6, 6.07) is 12.5. The van der Waals surface area contributed by atoms with E-state index >= 15 is 0 Å². The zero-order valence-electron chi connectivity index (χ0n) is 14.2. The first-order valence-electron chi connectivity index (χ1n) is 7.89. The van der Waals surface area contributed by atoms with Crippen molar-refractivity contribution in [2.45, 2.75) is 6.92 Å². The molecular formula is C19H14Cl3N3O2. The number of fused-ring (bicyclic) bond motifs is 1. The van der Waals surface area contributed by atoms with Crippen molar-refractivity contribution in [2.24, 2.45) is 5.10 Å². The Hall–Kier alpha value is -2.34. The minimum Gasteiger partial charge on any atom is -0.482 e. The van der Waals surface area contributed by atoms with Crippen molar-refractivity contribution >= 4 is 57.8 Å². The van der Waals surface area contributed by atoms with Gasteiger partial charge in [0.1, 0.15) is 10.9 Å². The molecule has 0 spiro atoms. The first kappa shape index (κ1) is 19.4. The summed E-state index contributed by atoms with van der Waals surface area (Å²) < 4.78 is 5.33. The van der Waals surface area contributed by atoms with E-state index in [2.05, 4.69) is 15.5 Å². The van der Waals surface area contributed by atoms with Crippen LogP contribution in [0.5, 0.6) is 5.75 Å². The number of hydrogen-bond donors (Lipinski definition) is 1. The van der Waals surface area contributed by atoms with Crippen molar-refractivity contribution in [3.05, 3.63) is 68.8 Å². The minimum atomic E-state index is -0.447. The highest BCUT2D eigenvalue weighted by Gasteiger charge is 2.07. The van der Waals surface area contributed by atoms with Gasteiger partial charge < -0.3 is 4.74 Å². The molecule has 1 N–H and O–H groups in total. The van der Waals surface area contributed by atoms with E-state index in [4.69, 9.17) is 39.5 Å². The van der Waals surface area contributed by atoms with Gasteiger partial charge in [-0.2, -0.15) is 5.10 Å². The molecular weight excluding hydrogens is 409 g/mol. The Morgan fingerprint density at radius 2 is 2.00 bits per heavy atom. The lowest BCUT2D eigenvalue weighted by atomic mass is 10.1. The number of hydrogen-bond acceptors (Lipinski definition) is 4. The summed E-state index contributed by atoms with van der Waals surface area (Å²) >= 11 is 18.0. The number of nitrogens with zero attached hydrogens (tertiary/aromatic N) is 2. The smallest absolute Gasteiger partial charge is 0.277 e. The SMILES string of the molecule is Cc1ccc2cc(C=NNC(=O)COc3ccc(Cl)cc3Cl)c(Cl)nc2c1. The van der Waals surface area contributed by atoms with Crippen molar-refractivity contribution in [3.8, 4) is 5.75 Å². The van der Waals surface area contributed by atoms with Gasteiger partial charge in [0.15, 0.2) is 6.61 Å². The predicted molar refractivity (Wildman–Crippen MR) is 109 cm³/mol. The monoisotopic (exact) mass is 421 g/mol. The van der Waals surface area contributed by atoms with Gasteiger partial charge in [-0.15, -0.1) is 0 Å². The van der Waals surface area contributed by atoms with Crippen LogP contribution in [0.3, 0.4) is 0 Å². The van der Waals surface area contributed by atoms with Gasteiger partial charge in [0, 0.05) is 16.0 Å². The van der Waals surface area contributed by atoms with Crippen LogP contribution in [0.2, 0.25) is 15.2 Å². The number of aromatic nitrogens is 1. The Balaban J connectivity index is 1.61. The second-order valence-corrected chi connectivity index (χ2v) is 6.92. The van der Waals surface area contributed by atoms with Gasteiger partial charge in [-0.1, -0.05) is 46.9 Å². The third-order valence-corrected chi connectivity index (χ3v) is 4.43. The normalized spacial score (nSPS) is 11.1. The molecule has 0 atom stereocenters. The Labute approximate surface area is 170 Å². The average Bonchev–Trinajstić information content (AvgIpc) is 2.61. The second kappa shape index (κ2) is 8.57. The number of nitrogens with one attached hydrogen (secondary N) is 1. The average molecular weight is 423 g/mol. The molecule has 0 saturated heterocycles. The molecule has 0 aliphatic carbocycles. The molecule has 1 aromatic heterocycles. The number of aryl methyl sites for hydroxylation is 1. The van der Waals surface area contributed by atoms with Gasteiger partial charge in [-0.3, -0.25) is 4.79 Å². The lowest BCUT2D eigenvalue weighted by molar-refractivity contribution is -0.123. The summed E-state index contributed by atoms with van der Waals surface area (Å²) in [5.74, 6) is -0.0879. The molecule has 0 aliphatic heterocycles. The van der Waals surface area contributed by atoms with Crippen LogP contribution in [0.25, 0.3) is 10.9 Å². The molecule has 27 heavy (non-hydrogen) atoms. The van der Waals surface area contributed by atoms with E-state index in [1.807, 2.05) is 31.2 Å². The van der Waals surface area contributed by atoms with Gasteiger partial charge in [-0.25, -0.2) is 10.4 Å². The van der Waals surface area contributed by atoms with E-state index in [1.165, 1.54) is 12.3 Å². The fourth-order valence-corrected chi connectivity index (χ4v) is 2.96. The molecule has 0 bridgehead atoms. The van der Waals surface area contributed by atoms with E-state index in [1.54, 1.807) is 12.1 Å². The van der Waals surface area contributed by atoms with Crippen molar-refractivity contribution in [3.63, 3.8) is 0 Å². The molecule has 0 radical (unpaired) electrons. The van der Waals surface area contributed by atoms with Gasteiger partial charge in [0.2, 0.25) is 0 Å². The van der Waals surface area contributed by atoms with Crippen LogP contribution in [0.4, 0.5) is 0 Å². The van der Waals surface area contributed by atoms with Crippen LogP contribution in [0.1, 0.15) is 11.1 Å². The molecule has 3 aromatic rings. The van der Waals surface area contributed by atoms with Crippen LogP contribution in [0, 0.1) is 6.92 Å². The van der Waals surface area contributed by atoms with E-state index in [0.29, 0.717) is 26.5 Å². The van der Waals surface area contributed by atoms with E-state index < -0.39 is 5.91 Å². The predicted octanol–water partition coefficient (Wildman–Crippen LogP) is 5.03. The lowest BCUT2D eigenvalue weighted by Gasteiger charge is -2.07. The number of benzene rings is 2. The molecule has 1 amide bonds.